The SMILES string of the molecule is C[C@@H]1CC[C@@H](O)[C@H]2O[C@@H]3OC(C)(C)O[C@@H]3[C@@H]2C1. The fourth-order valence-electron chi connectivity index (χ4n) is 3.44. The molecule has 0 spiro atoms. The summed E-state index contributed by atoms with van der Waals surface area (Å²) in [6, 6.07) is 0. The van der Waals surface area contributed by atoms with Crippen molar-refractivity contribution in [3.63, 3.8) is 0 Å². The van der Waals surface area contributed by atoms with E-state index >= 15 is 0 Å². The van der Waals surface area contributed by atoms with E-state index in [-0.39, 0.29) is 30.5 Å². The van der Waals surface area contributed by atoms with Gasteiger partial charge in [0.15, 0.2) is 12.1 Å². The van der Waals surface area contributed by atoms with Gasteiger partial charge < -0.3 is 19.3 Å². The molecule has 2 heterocycles. The predicted octanol–water partition coefficient (Wildman–Crippen LogP) is 1.66. The van der Waals surface area contributed by atoms with Gasteiger partial charge in [0.2, 0.25) is 0 Å². The molecule has 17 heavy (non-hydrogen) atoms. The minimum absolute atomic E-state index is 0.00907. The van der Waals surface area contributed by atoms with Crippen LogP contribution in [0.25, 0.3) is 0 Å². The van der Waals surface area contributed by atoms with E-state index in [2.05, 4.69) is 6.92 Å². The summed E-state index contributed by atoms with van der Waals surface area (Å²) in [5.74, 6) is 0.337. The Morgan fingerprint density at radius 1 is 1.12 bits per heavy atom. The lowest BCUT2D eigenvalue weighted by Gasteiger charge is -2.26. The van der Waals surface area contributed by atoms with Gasteiger partial charge >= 0.3 is 0 Å². The van der Waals surface area contributed by atoms with Gasteiger partial charge in [0, 0.05) is 5.92 Å². The molecule has 1 saturated carbocycles. The quantitative estimate of drug-likeness (QED) is 0.702. The topological polar surface area (TPSA) is 47.9 Å². The van der Waals surface area contributed by atoms with E-state index in [1.54, 1.807) is 0 Å². The van der Waals surface area contributed by atoms with Gasteiger partial charge in [0.1, 0.15) is 6.10 Å². The lowest BCUT2D eigenvalue weighted by molar-refractivity contribution is -0.220. The summed E-state index contributed by atoms with van der Waals surface area (Å²) in [5, 5.41) is 10.1. The Morgan fingerprint density at radius 3 is 2.65 bits per heavy atom. The van der Waals surface area contributed by atoms with Crippen molar-refractivity contribution in [1.82, 2.24) is 0 Å². The highest BCUT2D eigenvalue weighted by atomic mass is 16.8. The van der Waals surface area contributed by atoms with Gasteiger partial charge in [-0.2, -0.15) is 0 Å². The lowest BCUT2D eigenvalue weighted by Crippen LogP contribution is -2.35. The smallest absolute Gasteiger partial charge is 0.187 e. The Balaban J connectivity index is 1.81. The Hall–Kier alpha value is -0.160. The van der Waals surface area contributed by atoms with E-state index in [0.29, 0.717) is 5.92 Å². The molecular formula is C13H22O4. The summed E-state index contributed by atoms with van der Waals surface area (Å²) in [6.07, 6.45) is 2.18. The molecule has 3 rings (SSSR count). The molecule has 3 fully saturated rings. The Bertz CT molecular complexity index is 304. The van der Waals surface area contributed by atoms with Gasteiger partial charge in [-0.05, 0) is 39.0 Å². The lowest BCUT2D eigenvalue weighted by atomic mass is 9.89. The second kappa shape index (κ2) is 3.92. The Morgan fingerprint density at radius 2 is 1.88 bits per heavy atom. The maximum atomic E-state index is 10.1. The van der Waals surface area contributed by atoms with Crippen LogP contribution in [-0.4, -0.2) is 35.5 Å². The summed E-state index contributed by atoms with van der Waals surface area (Å²) in [6.45, 7) is 6.07. The monoisotopic (exact) mass is 242 g/mol. The van der Waals surface area contributed by atoms with Crippen LogP contribution in [-0.2, 0) is 14.2 Å². The van der Waals surface area contributed by atoms with Gasteiger partial charge in [-0.3, -0.25) is 0 Å². The molecule has 0 amide bonds. The first-order valence-electron chi connectivity index (χ1n) is 6.65. The second-order valence-corrected chi connectivity index (χ2v) is 6.22. The summed E-state index contributed by atoms with van der Waals surface area (Å²) in [4.78, 5) is 0. The molecule has 6 atom stereocenters. The Kier molecular flexibility index (Phi) is 2.74. The number of aliphatic hydroxyl groups is 1. The van der Waals surface area contributed by atoms with E-state index in [1.165, 1.54) is 0 Å². The highest BCUT2D eigenvalue weighted by Gasteiger charge is 2.56. The van der Waals surface area contributed by atoms with Crippen molar-refractivity contribution in [2.45, 2.75) is 70.4 Å². The van der Waals surface area contributed by atoms with Crippen LogP contribution in [0.15, 0.2) is 0 Å². The highest BCUT2D eigenvalue weighted by Crippen LogP contribution is 2.46. The van der Waals surface area contributed by atoms with Crippen LogP contribution in [0.5, 0.6) is 0 Å². The average Bonchev–Trinajstić information content (AvgIpc) is 2.64. The number of hydrogen-bond donors (Lipinski definition) is 1. The van der Waals surface area contributed by atoms with Crippen molar-refractivity contribution < 1.29 is 19.3 Å². The zero-order chi connectivity index (χ0) is 12.2. The van der Waals surface area contributed by atoms with Gasteiger partial charge in [-0.15, -0.1) is 0 Å². The van der Waals surface area contributed by atoms with Crippen LogP contribution < -0.4 is 0 Å². The molecule has 4 heteroatoms. The first-order chi connectivity index (χ1) is 7.96. The molecule has 2 aliphatic heterocycles. The normalized spacial score (nSPS) is 52.9. The van der Waals surface area contributed by atoms with Crippen molar-refractivity contribution >= 4 is 0 Å². The van der Waals surface area contributed by atoms with Crippen LogP contribution in [0.1, 0.15) is 40.0 Å². The highest BCUT2D eigenvalue weighted by molar-refractivity contribution is 4.97. The standard InChI is InChI=1S/C13H22O4/c1-7-4-5-9(14)10-8(6-7)11-12(15-10)17-13(2,3)16-11/h7-12,14H,4-6H2,1-3H3/t7-,8-,9-,10+,11-,12-/m1/s1. The maximum Gasteiger partial charge on any atom is 0.187 e. The van der Waals surface area contributed by atoms with Crippen molar-refractivity contribution in [1.29, 1.82) is 0 Å². The van der Waals surface area contributed by atoms with Crippen LogP contribution in [0, 0.1) is 11.8 Å². The van der Waals surface area contributed by atoms with Gasteiger partial charge in [0.05, 0.1) is 12.2 Å². The molecule has 3 aliphatic rings. The number of ether oxygens (including phenoxy) is 3. The van der Waals surface area contributed by atoms with E-state index in [0.717, 1.165) is 19.3 Å². The van der Waals surface area contributed by atoms with Crippen LogP contribution in [0.2, 0.25) is 0 Å². The molecule has 1 N–H and O–H groups in total. The summed E-state index contributed by atoms with van der Waals surface area (Å²) >= 11 is 0. The van der Waals surface area contributed by atoms with E-state index in [9.17, 15) is 5.11 Å². The predicted molar refractivity (Wildman–Crippen MR) is 61.2 cm³/mol. The van der Waals surface area contributed by atoms with Gasteiger partial charge in [-0.1, -0.05) is 6.92 Å². The molecule has 2 saturated heterocycles. The first-order valence-corrected chi connectivity index (χ1v) is 6.65. The number of fused-ring (bicyclic) bond motifs is 3. The molecule has 0 bridgehead atoms. The summed E-state index contributed by atoms with van der Waals surface area (Å²) < 4.78 is 17.5. The third-order valence-electron chi connectivity index (χ3n) is 4.23. The minimum atomic E-state index is -0.555. The molecule has 98 valence electrons. The van der Waals surface area contributed by atoms with Gasteiger partial charge in [0.25, 0.3) is 0 Å². The fraction of sp³-hybridized carbons (Fsp3) is 1.00. The largest absolute Gasteiger partial charge is 0.390 e. The van der Waals surface area contributed by atoms with Crippen LogP contribution in [0.4, 0.5) is 0 Å². The summed E-state index contributed by atoms with van der Waals surface area (Å²) in [5.41, 5.74) is 0. The number of rotatable bonds is 0. The maximum absolute atomic E-state index is 10.1. The molecule has 0 aromatic rings. The fourth-order valence-corrected chi connectivity index (χ4v) is 3.44. The van der Waals surface area contributed by atoms with Crippen molar-refractivity contribution in [3.05, 3.63) is 0 Å². The van der Waals surface area contributed by atoms with Crippen molar-refractivity contribution in [3.8, 4) is 0 Å². The molecule has 4 nitrogen and oxygen atoms in total. The molecule has 0 unspecified atom stereocenters. The third-order valence-corrected chi connectivity index (χ3v) is 4.23. The zero-order valence-corrected chi connectivity index (χ0v) is 10.8. The second-order valence-electron chi connectivity index (χ2n) is 6.22. The molecule has 0 radical (unpaired) electrons. The van der Waals surface area contributed by atoms with Crippen LogP contribution in [0.3, 0.4) is 0 Å². The van der Waals surface area contributed by atoms with Crippen molar-refractivity contribution in [2.75, 3.05) is 0 Å². The van der Waals surface area contributed by atoms with E-state index in [4.69, 9.17) is 14.2 Å². The van der Waals surface area contributed by atoms with E-state index < -0.39 is 5.79 Å². The zero-order valence-electron chi connectivity index (χ0n) is 10.8. The first kappa shape index (κ1) is 11.9. The summed E-state index contributed by atoms with van der Waals surface area (Å²) in [7, 11) is 0. The minimum Gasteiger partial charge on any atom is -0.390 e. The number of hydrogen-bond acceptors (Lipinski definition) is 4. The molecular weight excluding hydrogens is 220 g/mol. The molecule has 1 aliphatic carbocycles. The van der Waals surface area contributed by atoms with Gasteiger partial charge in [-0.25, -0.2) is 0 Å². The number of aliphatic hydroxyl groups excluding tert-OH is 1. The Labute approximate surface area is 102 Å². The molecule has 0 aromatic carbocycles. The van der Waals surface area contributed by atoms with Crippen molar-refractivity contribution in [2.24, 2.45) is 11.8 Å². The van der Waals surface area contributed by atoms with E-state index in [1.807, 2.05) is 13.8 Å². The third kappa shape index (κ3) is 2.01. The molecule has 0 aromatic heterocycles. The average molecular weight is 242 g/mol. The van der Waals surface area contributed by atoms with Crippen LogP contribution >= 0.6 is 0 Å².